The molecule has 3 aromatic heterocycles. The number of aromatic nitrogens is 3. The van der Waals surface area contributed by atoms with Crippen LogP contribution < -0.4 is 0 Å². The average molecular weight is 290 g/mol. The molecule has 3 aromatic rings. The molecule has 84 valence electrons. The number of rotatable bonds is 1. The van der Waals surface area contributed by atoms with Crippen molar-refractivity contribution in [2.45, 2.75) is 0 Å². The van der Waals surface area contributed by atoms with Gasteiger partial charge in [-0.15, -0.1) is 0 Å². The van der Waals surface area contributed by atoms with Crippen molar-refractivity contribution in [3.8, 4) is 17.3 Å². The van der Waals surface area contributed by atoms with Gasteiger partial charge < -0.3 is 5.11 Å². The van der Waals surface area contributed by atoms with Gasteiger partial charge in [-0.3, -0.25) is 9.38 Å². The van der Waals surface area contributed by atoms with Gasteiger partial charge in [0, 0.05) is 18.0 Å². The maximum atomic E-state index is 9.91. The normalized spacial score (nSPS) is 10.9. The van der Waals surface area contributed by atoms with Crippen molar-refractivity contribution in [3.63, 3.8) is 0 Å². The highest BCUT2D eigenvalue weighted by Crippen LogP contribution is 2.29. The van der Waals surface area contributed by atoms with Crippen LogP contribution in [0.15, 0.2) is 47.3 Å². The SMILES string of the molecule is Oc1cccc2c(Br)nc(-c3cccnc3)n12. The third kappa shape index (κ3) is 1.59. The minimum Gasteiger partial charge on any atom is -0.494 e. The summed E-state index contributed by atoms with van der Waals surface area (Å²) in [5, 5.41) is 9.91. The Morgan fingerprint density at radius 2 is 2.06 bits per heavy atom. The molecule has 5 heteroatoms. The predicted molar refractivity (Wildman–Crippen MR) is 67.8 cm³/mol. The van der Waals surface area contributed by atoms with Crippen molar-refractivity contribution in [1.29, 1.82) is 0 Å². The van der Waals surface area contributed by atoms with Crippen LogP contribution in [0, 0.1) is 0 Å². The van der Waals surface area contributed by atoms with Crippen LogP contribution in [-0.2, 0) is 0 Å². The Balaban J connectivity index is 2.38. The van der Waals surface area contributed by atoms with Gasteiger partial charge in [0.15, 0.2) is 5.88 Å². The summed E-state index contributed by atoms with van der Waals surface area (Å²) in [7, 11) is 0. The molecule has 0 aliphatic rings. The van der Waals surface area contributed by atoms with E-state index in [1.165, 1.54) is 0 Å². The van der Waals surface area contributed by atoms with Crippen molar-refractivity contribution in [2.75, 3.05) is 0 Å². The van der Waals surface area contributed by atoms with E-state index in [4.69, 9.17) is 0 Å². The number of pyridine rings is 2. The summed E-state index contributed by atoms with van der Waals surface area (Å²) in [5.74, 6) is 0.817. The zero-order chi connectivity index (χ0) is 11.8. The summed E-state index contributed by atoms with van der Waals surface area (Å²) in [5.41, 5.74) is 1.68. The Kier molecular flexibility index (Phi) is 2.33. The molecule has 3 rings (SSSR count). The fourth-order valence-electron chi connectivity index (χ4n) is 1.77. The quantitative estimate of drug-likeness (QED) is 0.749. The van der Waals surface area contributed by atoms with Crippen LogP contribution in [0.5, 0.6) is 5.88 Å². The summed E-state index contributed by atoms with van der Waals surface area (Å²) in [6.07, 6.45) is 3.42. The number of nitrogens with zero attached hydrogens (tertiary/aromatic N) is 3. The van der Waals surface area contributed by atoms with Gasteiger partial charge in [-0.2, -0.15) is 0 Å². The van der Waals surface area contributed by atoms with Crippen LogP contribution >= 0.6 is 15.9 Å². The number of hydrogen-bond donors (Lipinski definition) is 1. The summed E-state index contributed by atoms with van der Waals surface area (Å²) in [6, 6.07) is 9.03. The smallest absolute Gasteiger partial charge is 0.197 e. The third-order valence-corrected chi connectivity index (χ3v) is 3.10. The lowest BCUT2D eigenvalue weighted by Crippen LogP contribution is -1.90. The molecule has 0 saturated heterocycles. The summed E-state index contributed by atoms with van der Waals surface area (Å²) in [4.78, 5) is 8.46. The topological polar surface area (TPSA) is 50.4 Å². The molecular formula is C12H8BrN3O. The van der Waals surface area contributed by atoms with E-state index in [0.717, 1.165) is 11.1 Å². The first-order chi connectivity index (χ1) is 8.27. The van der Waals surface area contributed by atoms with Gasteiger partial charge in [0.2, 0.25) is 0 Å². The molecule has 0 unspecified atom stereocenters. The number of fused-ring (bicyclic) bond motifs is 1. The first-order valence-corrected chi connectivity index (χ1v) is 5.83. The first kappa shape index (κ1) is 10.3. The molecule has 0 aromatic carbocycles. The second kappa shape index (κ2) is 3.85. The summed E-state index contributed by atoms with van der Waals surface area (Å²) >= 11 is 3.39. The van der Waals surface area contributed by atoms with E-state index in [-0.39, 0.29) is 5.88 Å². The molecule has 0 aliphatic heterocycles. The largest absolute Gasteiger partial charge is 0.494 e. The molecule has 4 nitrogen and oxygen atoms in total. The van der Waals surface area contributed by atoms with Crippen LogP contribution in [0.4, 0.5) is 0 Å². The highest BCUT2D eigenvalue weighted by atomic mass is 79.9. The van der Waals surface area contributed by atoms with Crippen LogP contribution in [0.1, 0.15) is 0 Å². The van der Waals surface area contributed by atoms with Crippen molar-refractivity contribution in [3.05, 3.63) is 47.3 Å². The van der Waals surface area contributed by atoms with Crippen molar-refractivity contribution in [1.82, 2.24) is 14.4 Å². The van der Waals surface area contributed by atoms with E-state index in [0.29, 0.717) is 10.4 Å². The maximum absolute atomic E-state index is 9.91. The number of halogens is 1. The van der Waals surface area contributed by atoms with E-state index in [9.17, 15) is 5.11 Å². The zero-order valence-corrected chi connectivity index (χ0v) is 10.3. The third-order valence-electron chi connectivity index (χ3n) is 2.52. The molecular weight excluding hydrogens is 282 g/mol. The van der Waals surface area contributed by atoms with E-state index >= 15 is 0 Å². The van der Waals surface area contributed by atoms with Crippen molar-refractivity contribution < 1.29 is 5.11 Å². The second-order valence-electron chi connectivity index (χ2n) is 3.57. The molecule has 0 atom stereocenters. The summed E-state index contributed by atoms with van der Waals surface area (Å²) in [6.45, 7) is 0. The van der Waals surface area contributed by atoms with Gasteiger partial charge in [-0.05, 0) is 40.2 Å². The second-order valence-corrected chi connectivity index (χ2v) is 4.32. The monoisotopic (exact) mass is 289 g/mol. The molecule has 0 aliphatic carbocycles. The lowest BCUT2D eigenvalue weighted by Gasteiger charge is -2.02. The van der Waals surface area contributed by atoms with Crippen LogP contribution in [0.3, 0.4) is 0 Å². The Hall–Kier alpha value is -1.88. The van der Waals surface area contributed by atoms with E-state index in [1.54, 1.807) is 28.9 Å². The Bertz CT molecular complexity index is 679. The van der Waals surface area contributed by atoms with Gasteiger partial charge >= 0.3 is 0 Å². The van der Waals surface area contributed by atoms with Gasteiger partial charge in [0.1, 0.15) is 10.4 Å². The number of aromatic hydroxyl groups is 1. The highest BCUT2D eigenvalue weighted by Gasteiger charge is 2.13. The van der Waals surface area contributed by atoms with Crippen LogP contribution in [-0.4, -0.2) is 19.5 Å². The minimum absolute atomic E-state index is 0.152. The Morgan fingerprint density at radius 1 is 1.18 bits per heavy atom. The van der Waals surface area contributed by atoms with Crippen LogP contribution in [0.2, 0.25) is 0 Å². The minimum atomic E-state index is 0.152. The molecule has 0 amide bonds. The van der Waals surface area contributed by atoms with Gasteiger partial charge in [-0.1, -0.05) is 6.07 Å². The fourth-order valence-corrected chi connectivity index (χ4v) is 2.25. The lowest BCUT2D eigenvalue weighted by atomic mass is 10.3. The van der Waals surface area contributed by atoms with Crippen molar-refractivity contribution >= 4 is 21.4 Å². The predicted octanol–water partition coefficient (Wildman–Crippen LogP) is 2.86. The van der Waals surface area contributed by atoms with E-state index < -0.39 is 0 Å². The Morgan fingerprint density at radius 3 is 2.82 bits per heavy atom. The molecule has 0 fully saturated rings. The molecule has 0 bridgehead atoms. The molecule has 0 saturated carbocycles. The van der Waals surface area contributed by atoms with Gasteiger partial charge in [0.05, 0.1) is 5.52 Å². The average Bonchev–Trinajstić information content (AvgIpc) is 2.70. The van der Waals surface area contributed by atoms with E-state index in [2.05, 4.69) is 25.9 Å². The number of hydrogen-bond acceptors (Lipinski definition) is 3. The molecule has 0 spiro atoms. The van der Waals surface area contributed by atoms with Crippen molar-refractivity contribution in [2.24, 2.45) is 0 Å². The maximum Gasteiger partial charge on any atom is 0.197 e. The van der Waals surface area contributed by atoms with Gasteiger partial charge in [0.25, 0.3) is 0 Å². The Labute approximate surface area is 106 Å². The fraction of sp³-hybridized carbons (Fsp3) is 0. The number of imidazole rings is 1. The lowest BCUT2D eigenvalue weighted by molar-refractivity contribution is 0.447. The molecule has 3 heterocycles. The van der Waals surface area contributed by atoms with Gasteiger partial charge in [-0.25, -0.2) is 4.98 Å². The molecule has 0 radical (unpaired) electrons. The standard InChI is InChI=1S/C12H8BrN3O/c13-11-9-4-1-5-10(17)16(9)12(15-11)8-3-2-6-14-7-8/h1-7,17H. The summed E-state index contributed by atoms with van der Waals surface area (Å²) < 4.78 is 2.38. The van der Waals surface area contributed by atoms with E-state index in [1.807, 2.05) is 18.2 Å². The first-order valence-electron chi connectivity index (χ1n) is 5.04. The highest BCUT2D eigenvalue weighted by molar-refractivity contribution is 9.10. The molecule has 17 heavy (non-hydrogen) atoms. The zero-order valence-electron chi connectivity index (χ0n) is 8.71. The molecule has 1 N–H and O–H groups in total. The van der Waals surface area contributed by atoms with Crippen LogP contribution in [0.25, 0.3) is 16.9 Å².